The minimum absolute atomic E-state index is 0.120. The van der Waals surface area contributed by atoms with E-state index in [0.29, 0.717) is 18.7 Å². The molecule has 6 heteroatoms. The summed E-state index contributed by atoms with van der Waals surface area (Å²) in [6.07, 6.45) is 3.20. The van der Waals surface area contributed by atoms with Gasteiger partial charge >= 0.3 is 0 Å². The molecule has 1 saturated carbocycles. The number of aliphatic hydroxyl groups is 1. The van der Waals surface area contributed by atoms with Crippen LogP contribution >= 0.6 is 0 Å². The molecular weight excluding hydrogens is 308 g/mol. The molecule has 0 radical (unpaired) electrons. The highest BCUT2D eigenvalue weighted by atomic mass is 16.3. The number of aliphatic hydroxyl groups excluding tert-OH is 1. The first-order valence-corrected chi connectivity index (χ1v) is 8.03. The predicted octanol–water partition coefficient (Wildman–Crippen LogP) is 2.31. The van der Waals surface area contributed by atoms with Crippen molar-refractivity contribution in [3.05, 3.63) is 54.0 Å². The van der Waals surface area contributed by atoms with Gasteiger partial charge in [-0.1, -0.05) is 12.1 Å². The van der Waals surface area contributed by atoms with Crippen molar-refractivity contribution in [2.75, 3.05) is 5.32 Å². The third-order valence-electron chi connectivity index (χ3n) is 4.21. The summed E-state index contributed by atoms with van der Waals surface area (Å²) < 4.78 is 5.05. The van der Waals surface area contributed by atoms with Crippen LogP contribution in [0.25, 0.3) is 0 Å². The fourth-order valence-electron chi connectivity index (χ4n) is 2.93. The van der Waals surface area contributed by atoms with Gasteiger partial charge in [-0.3, -0.25) is 9.59 Å². The summed E-state index contributed by atoms with van der Waals surface area (Å²) in [5, 5.41) is 15.4. The average Bonchev–Trinajstić information content (AvgIpc) is 3.24. The van der Waals surface area contributed by atoms with Gasteiger partial charge in [0.15, 0.2) is 5.76 Å². The molecule has 0 bridgehead atoms. The number of carbonyl (C=O) groups excluding carboxylic acids is 2. The van der Waals surface area contributed by atoms with Gasteiger partial charge in [0.05, 0.1) is 18.3 Å². The Hall–Kier alpha value is -2.60. The quantitative estimate of drug-likeness (QED) is 0.785. The summed E-state index contributed by atoms with van der Waals surface area (Å²) in [5.74, 6) is -0.518. The highest BCUT2D eigenvalue weighted by Gasteiger charge is 2.31. The maximum atomic E-state index is 12.1. The second-order valence-electron chi connectivity index (χ2n) is 5.95. The van der Waals surface area contributed by atoms with Crippen LogP contribution in [0.15, 0.2) is 47.1 Å². The number of hydrogen-bond donors (Lipinski definition) is 3. The molecule has 2 aromatic rings. The van der Waals surface area contributed by atoms with Crippen LogP contribution in [0.1, 0.15) is 35.4 Å². The Bertz CT molecular complexity index is 712. The number of anilines is 1. The van der Waals surface area contributed by atoms with E-state index >= 15 is 0 Å². The number of carbonyl (C=O) groups is 2. The number of nitrogens with one attached hydrogen (secondary N) is 2. The van der Waals surface area contributed by atoms with Gasteiger partial charge in [0, 0.05) is 12.2 Å². The second-order valence-corrected chi connectivity index (χ2v) is 5.95. The van der Waals surface area contributed by atoms with Gasteiger partial charge < -0.3 is 20.2 Å². The lowest BCUT2D eigenvalue weighted by molar-refractivity contribution is -0.127. The van der Waals surface area contributed by atoms with Crippen LogP contribution < -0.4 is 10.6 Å². The number of benzene rings is 1. The Kier molecular flexibility index (Phi) is 4.96. The molecule has 6 nitrogen and oxygen atoms in total. The van der Waals surface area contributed by atoms with E-state index in [-0.39, 0.29) is 23.5 Å². The summed E-state index contributed by atoms with van der Waals surface area (Å²) >= 11 is 0. The third kappa shape index (κ3) is 3.83. The van der Waals surface area contributed by atoms with Crippen molar-refractivity contribution in [2.45, 2.75) is 31.9 Å². The molecule has 1 fully saturated rings. The van der Waals surface area contributed by atoms with Crippen molar-refractivity contribution in [1.82, 2.24) is 5.32 Å². The zero-order chi connectivity index (χ0) is 16.9. The smallest absolute Gasteiger partial charge is 0.291 e. The lowest BCUT2D eigenvalue weighted by Crippen LogP contribution is -2.34. The maximum absolute atomic E-state index is 12.1. The lowest BCUT2D eigenvalue weighted by atomic mass is 10.1. The van der Waals surface area contributed by atoms with Gasteiger partial charge in [0.1, 0.15) is 0 Å². The molecule has 0 aliphatic heterocycles. The van der Waals surface area contributed by atoms with E-state index in [2.05, 4.69) is 10.6 Å². The molecule has 1 aromatic heterocycles. The van der Waals surface area contributed by atoms with E-state index in [9.17, 15) is 14.7 Å². The SMILES string of the molecule is O=C(Nc1cccc(CNC(=O)C2CCCC2O)c1)c1ccco1. The summed E-state index contributed by atoms with van der Waals surface area (Å²) in [4.78, 5) is 24.1. The highest BCUT2D eigenvalue weighted by molar-refractivity contribution is 6.02. The third-order valence-corrected chi connectivity index (χ3v) is 4.21. The molecule has 0 spiro atoms. The fourth-order valence-corrected chi connectivity index (χ4v) is 2.93. The van der Waals surface area contributed by atoms with Crippen molar-refractivity contribution < 1.29 is 19.1 Å². The summed E-state index contributed by atoms with van der Waals surface area (Å²) in [5.41, 5.74) is 1.50. The zero-order valence-corrected chi connectivity index (χ0v) is 13.2. The standard InChI is InChI=1S/C18H20N2O4/c21-15-7-2-6-14(15)17(22)19-11-12-4-1-5-13(10-12)20-18(23)16-8-3-9-24-16/h1,3-5,8-10,14-15,21H,2,6-7,11H2,(H,19,22)(H,20,23). The molecule has 1 aliphatic rings. The van der Waals surface area contributed by atoms with Gasteiger partial charge in [-0.05, 0) is 49.1 Å². The summed E-state index contributed by atoms with van der Waals surface area (Å²) in [6, 6.07) is 10.5. The van der Waals surface area contributed by atoms with E-state index in [1.807, 2.05) is 12.1 Å². The van der Waals surface area contributed by atoms with E-state index in [4.69, 9.17) is 4.42 Å². The fraction of sp³-hybridized carbons (Fsp3) is 0.333. The van der Waals surface area contributed by atoms with Crippen LogP contribution in [0.5, 0.6) is 0 Å². The first-order valence-electron chi connectivity index (χ1n) is 8.03. The van der Waals surface area contributed by atoms with Gasteiger partial charge in [-0.2, -0.15) is 0 Å². The van der Waals surface area contributed by atoms with Gasteiger partial charge in [-0.15, -0.1) is 0 Å². The molecule has 126 valence electrons. The van der Waals surface area contributed by atoms with Crippen LogP contribution in [0.2, 0.25) is 0 Å². The van der Waals surface area contributed by atoms with E-state index < -0.39 is 6.10 Å². The minimum Gasteiger partial charge on any atom is -0.459 e. The molecule has 0 saturated heterocycles. The molecule has 24 heavy (non-hydrogen) atoms. The number of furan rings is 1. The Morgan fingerprint density at radius 1 is 1.21 bits per heavy atom. The molecule has 1 aromatic carbocycles. The minimum atomic E-state index is -0.538. The first-order chi connectivity index (χ1) is 11.6. The van der Waals surface area contributed by atoms with Gasteiger partial charge in [0.2, 0.25) is 5.91 Å². The van der Waals surface area contributed by atoms with Crippen molar-refractivity contribution in [3.63, 3.8) is 0 Å². The van der Waals surface area contributed by atoms with Crippen LogP contribution in [-0.4, -0.2) is 23.0 Å². The molecular formula is C18H20N2O4. The van der Waals surface area contributed by atoms with Crippen molar-refractivity contribution >= 4 is 17.5 Å². The highest BCUT2D eigenvalue weighted by Crippen LogP contribution is 2.25. The number of amides is 2. The topological polar surface area (TPSA) is 91.6 Å². The van der Waals surface area contributed by atoms with E-state index in [1.165, 1.54) is 6.26 Å². The Labute approximate surface area is 139 Å². The number of hydrogen-bond acceptors (Lipinski definition) is 4. The number of rotatable bonds is 5. The largest absolute Gasteiger partial charge is 0.459 e. The Balaban J connectivity index is 1.57. The van der Waals surface area contributed by atoms with E-state index in [0.717, 1.165) is 18.4 Å². The van der Waals surface area contributed by atoms with Crippen molar-refractivity contribution in [2.24, 2.45) is 5.92 Å². The molecule has 1 heterocycles. The lowest BCUT2D eigenvalue weighted by Gasteiger charge is -2.14. The summed E-state index contributed by atoms with van der Waals surface area (Å²) in [7, 11) is 0. The molecule has 2 amide bonds. The maximum Gasteiger partial charge on any atom is 0.291 e. The van der Waals surface area contributed by atoms with Gasteiger partial charge in [0.25, 0.3) is 5.91 Å². The van der Waals surface area contributed by atoms with Crippen LogP contribution in [0.3, 0.4) is 0 Å². The Morgan fingerprint density at radius 2 is 2.08 bits per heavy atom. The first kappa shape index (κ1) is 16.3. The van der Waals surface area contributed by atoms with Crippen LogP contribution in [0, 0.1) is 5.92 Å². The monoisotopic (exact) mass is 328 g/mol. The van der Waals surface area contributed by atoms with Crippen LogP contribution in [-0.2, 0) is 11.3 Å². The van der Waals surface area contributed by atoms with Crippen molar-refractivity contribution in [1.29, 1.82) is 0 Å². The van der Waals surface area contributed by atoms with E-state index in [1.54, 1.807) is 24.3 Å². The molecule has 3 N–H and O–H groups in total. The molecule has 2 unspecified atom stereocenters. The predicted molar refractivity (Wildman–Crippen MR) is 88.3 cm³/mol. The second kappa shape index (κ2) is 7.31. The van der Waals surface area contributed by atoms with Crippen molar-refractivity contribution in [3.8, 4) is 0 Å². The normalized spacial score (nSPS) is 19.9. The summed E-state index contributed by atoms with van der Waals surface area (Å²) in [6.45, 7) is 0.354. The van der Waals surface area contributed by atoms with Crippen LogP contribution in [0.4, 0.5) is 5.69 Å². The molecule has 1 aliphatic carbocycles. The average molecular weight is 328 g/mol. The molecule has 3 rings (SSSR count). The Morgan fingerprint density at radius 3 is 2.79 bits per heavy atom. The molecule has 2 atom stereocenters. The van der Waals surface area contributed by atoms with Gasteiger partial charge in [-0.25, -0.2) is 0 Å². The zero-order valence-electron chi connectivity index (χ0n) is 13.2.